The van der Waals surface area contributed by atoms with E-state index in [2.05, 4.69) is 4.98 Å². The fourth-order valence-electron chi connectivity index (χ4n) is 3.66. The van der Waals surface area contributed by atoms with Crippen LogP contribution in [0.2, 0.25) is 0 Å². The van der Waals surface area contributed by atoms with Crippen molar-refractivity contribution in [2.45, 2.75) is 6.42 Å². The summed E-state index contributed by atoms with van der Waals surface area (Å²) in [5.41, 5.74) is 2.97. The number of fused-ring (bicyclic) bond motifs is 4. The summed E-state index contributed by atoms with van der Waals surface area (Å²) in [6, 6.07) is 20.6. The molecule has 0 aliphatic rings. The second kappa shape index (κ2) is 6.91. The molecule has 142 valence electrons. The predicted molar refractivity (Wildman–Crippen MR) is 109 cm³/mol. The van der Waals surface area contributed by atoms with Crippen molar-refractivity contribution >= 4 is 44.8 Å². The quantitative estimate of drug-likeness (QED) is 0.415. The molecule has 0 radical (unpaired) electrons. The van der Waals surface area contributed by atoms with Crippen molar-refractivity contribution in [2.24, 2.45) is 0 Å². The maximum absolute atomic E-state index is 13.0. The van der Waals surface area contributed by atoms with Gasteiger partial charge in [-0.1, -0.05) is 42.5 Å². The first kappa shape index (κ1) is 17.2. The van der Waals surface area contributed by atoms with Gasteiger partial charge in [0.05, 0.1) is 23.0 Å². The van der Waals surface area contributed by atoms with E-state index in [4.69, 9.17) is 9.15 Å². The molecule has 0 aliphatic heterocycles. The maximum atomic E-state index is 13.0. The predicted octanol–water partition coefficient (Wildman–Crippen LogP) is 4.82. The van der Waals surface area contributed by atoms with E-state index in [1.54, 1.807) is 22.8 Å². The third-order valence-electron chi connectivity index (χ3n) is 4.96. The minimum Gasteiger partial charge on any atom is -0.461 e. The molecule has 0 saturated heterocycles. The Morgan fingerprint density at radius 3 is 2.31 bits per heavy atom. The molecule has 5 rings (SSSR count). The number of hydrogen-bond donors (Lipinski definition) is 0. The van der Waals surface area contributed by atoms with Crippen LogP contribution in [0, 0.1) is 0 Å². The average molecular weight is 384 g/mol. The summed E-state index contributed by atoms with van der Waals surface area (Å²) in [6.45, 7) is -0.0211. The molecule has 0 unspecified atom stereocenters. The smallest absolute Gasteiger partial charge is 0.340 e. The van der Waals surface area contributed by atoms with Crippen molar-refractivity contribution in [3.8, 4) is 0 Å². The largest absolute Gasteiger partial charge is 0.461 e. The second-order valence-electron chi connectivity index (χ2n) is 6.65. The van der Waals surface area contributed by atoms with Crippen LogP contribution >= 0.6 is 0 Å². The minimum absolute atomic E-state index is 0.0211. The highest BCUT2D eigenvalue weighted by Crippen LogP contribution is 2.28. The van der Waals surface area contributed by atoms with Crippen LogP contribution in [0.5, 0.6) is 0 Å². The lowest BCUT2D eigenvalue weighted by molar-refractivity contribution is 0.0492. The van der Waals surface area contributed by atoms with Crippen LogP contribution in [0.15, 0.2) is 77.5 Å². The van der Waals surface area contributed by atoms with Gasteiger partial charge in [0.15, 0.2) is 12.0 Å². The Bertz CT molecular complexity index is 1330. The third kappa shape index (κ3) is 2.86. The first-order valence-corrected chi connectivity index (χ1v) is 9.25. The number of benzene rings is 3. The van der Waals surface area contributed by atoms with E-state index in [9.17, 15) is 9.59 Å². The van der Waals surface area contributed by atoms with Crippen molar-refractivity contribution in [3.63, 3.8) is 0 Å². The van der Waals surface area contributed by atoms with E-state index < -0.39 is 5.97 Å². The lowest BCUT2D eigenvalue weighted by Crippen LogP contribution is -2.15. The van der Waals surface area contributed by atoms with Crippen LogP contribution in [-0.2, 0) is 4.74 Å². The van der Waals surface area contributed by atoms with E-state index in [0.29, 0.717) is 16.7 Å². The Labute approximate surface area is 165 Å². The van der Waals surface area contributed by atoms with Gasteiger partial charge >= 0.3 is 5.97 Å². The molecular formula is C23H16N2O4. The van der Waals surface area contributed by atoms with Crippen molar-refractivity contribution in [3.05, 3.63) is 78.7 Å². The van der Waals surface area contributed by atoms with Crippen LogP contribution in [0.3, 0.4) is 0 Å². The Morgan fingerprint density at radius 2 is 1.59 bits per heavy atom. The summed E-state index contributed by atoms with van der Waals surface area (Å²) >= 11 is 0. The molecule has 0 N–H and O–H groups in total. The number of hydrogen-bond acceptors (Lipinski definition) is 5. The van der Waals surface area contributed by atoms with Gasteiger partial charge in [-0.25, -0.2) is 9.78 Å². The second-order valence-corrected chi connectivity index (χ2v) is 6.65. The zero-order chi connectivity index (χ0) is 19.8. The highest BCUT2D eigenvalue weighted by molar-refractivity contribution is 6.13. The number of rotatable bonds is 4. The molecule has 2 heterocycles. The van der Waals surface area contributed by atoms with Crippen LogP contribution in [0.4, 0.5) is 0 Å². The summed E-state index contributed by atoms with van der Waals surface area (Å²) in [5.74, 6) is -0.658. The van der Waals surface area contributed by atoms with Crippen molar-refractivity contribution < 1.29 is 18.7 Å². The van der Waals surface area contributed by atoms with Crippen LogP contribution in [0.25, 0.3) is 32.9 Å². The molecule has 0 atom stereocenters. The number of esters is 1. The van der Waals surface area contributed by atoms with Gasteiger partial charge in [0.2, 0.25) is 5.91 Å². The molecule has 6 heteroatoms. The lowest BCUT2D eigenvalue weighted by atomic mass is 10.2. The van der Waals surface area contributed by atoms with Gasteiger partial charge in [0.25, 0.3) is 0 Å². The highest BCUT2D eigenvalue weighted by Gasteiger charge is 2.17. The monoisotopic (exact) mass is 384 g/mol. The van der Waals surface area contributed by atoms with Crippen molar-refractivity contribution in [1.29, 1.82) is 0 Å². The molecule has 0 saturated carbocycles. The normalized spacial score (nSPS) is 11.3. The zero-order valence-electron chi connectivity index (χ0n) is 15.4. The van der Waals surface area contributed by atoms with E-state index >= 15 is 0 Å². The highest BCUT2D eigenvalue weighted by atomic mass is 16.5. The molecule has 0 fully saturated rings. The van der Waals surface area contributed by atoms with Gasteiger partial charge < -0.3 is 9.15 Å². The number of ether oxygens (including phenoxy) is 1. The topological polar surface area (TPSA) is 74.3 Å². The molecular weight excluding hydrogens is 368 g/mol. The number of carbonyl (C=O) groups is 2. The Kier molecular flexibility index (Phi) is 4.09. The van der Waals surface area contributed by atoms with Gasteiger partial charge in [-0.15, -0.1) is 0 Å². The van der Waals surface area contributed by atoms with Crippen molar-refractivity contribution in [2.75, 3.05) is 6.61 Å². The van der Waals surface area contributed by atoms with Crippen molar-refractivity contribution in [1.82, 2.24) is 9.55 Å². The first-order chi connectivity index (χ1) is 14.2. The number of carbonyl (C=O) groups excluding carboxylic acids is 2. The molecule has 0 amide bonds. The number of nitrogens with zero attached hydrogens (tertiary/aromatic N) is 2. The fourth-order valence-corrected chi connectivity index (χ4v) is 3.66. The SMILES string of the molecule is O=C(OCCC(=O)n1c2ccccc2c2ccccc21)c1cccc2ocnc12. The number of para-hydroxylation sites is 3. The van der Waals surface area contributed by atoms with Gasteiger partial charge in [-0.05, 0) is 24.3 Å². The van der Waals surface area contributed by atoms with Gasteiger partial charge in [0.1, 0.15) is 12.1 Å². The van der Waals surface area contributed by atoms with Crippen LogP contribution < -0.4 is 0 Å². The minimum atomic E-state index is -0.528. The molecule has 5 aromatic rings. The Balaban J connectivity index is 1.37. The summed E-state index contributed by atoms with van der Waals surface area (Å²) in [6.07, 6.45) is 1.36. The summed E-state index contributed by atoms with van der Waals surface area (Å²) in [4.78, 5) is 29.4. The molecule has 0 aliphatic carbocycles. The van der Waals surface area contributed by atoms with Crippen LogP contribution in [-0.4, -0.2) is 28.0 Å². The zero-order valence-corrected chi connectivity index (χ0v) is 15.4. The third-order valence-corrected chi connectivity index (χ3v) is 4.96. The Hall–Kier alpha value is -3.93. The molecule has 0 spiro atoms. The first-order valence-electron chi connectivity index (χ1n) is 9.25. The van der Waals surface area contributed by atoms with E-state index in [0.717, 1.165) is 21.8 Å². The molecule has 0 bridgehead atoms. The van der Waals surface area contributed by atoms with Gasteiger partial charge in [-0.3, -0.25) is 9.36 Å². The number of oxazole rings is 1. The van der Waals surface area contributed by atoms with Gasteiger partial charge in [0, 0.05) is 10.8 Å². The molecule has 6 nitrogen and oxygen atoms in total. The fraction of sp³-hybridized carbons (Fsp3) is 0.0870. The summed E-state index contributed by atoms with van der Waals surface area (Å²) < 4.78 is 12.2. The summed E-state index contributed by atoms with van der Waals surface area (Å²) in [7, 11) is 0. The van der Waals surface area contributed by atoms with Crippen LogP contribution in [0.1, 0.15) is 21.6 Å². The summed E-state index contributed by atoms with van der Waals surface area (Å²) in [5, 5.41) is 2.04. The lowest BCUT2D eigenvalue weighted by Gasteiger charge is -2.07. The van der Waals surface area contributed by atoms with E-state index in [1.807, 2.05) is 48.5 Å². The molecule has 2 aromatic heterocycles. The number of aromatic nitrogens is 2. The average Bonchev–Trinajstić information content (AvgIpc) is 3.36. The molecule has 29 heavy (non-hydrogen) atoms. The van der Waals surface area contributed by atoms with E-state index in [1.165, 1.54) is 6.39 Å². The maximum Gasteiger partial charge on any atom is 0.340 e. The molecule has 3 aromatic carbocycles. The standard InChI is InChI=1S/C23H16N2O4/c26-21(12-13-28-23(27)17-8-5-11-20-22(17)24-14-29-20)25-18-9-3-1-6-15(18)16-7-2-4-10-19(16)25/h1-11,14H,12-13H2. The van der Waals surface area contributed by atoms with Gasteiger partial charge in [-0.2, -0.15) is 0 Å². The van der Waals surface area contributed by atoms with E-state index in [-0.39, 0.29) is 18.9 Å². The Morgan fingerprint density at radius 1 is 0.897 bits per heavy atom.